The van der Waals surface area contributed by atoms with Crippen molar-refractivity contribution >= 4 is 11.3 Å². The van der Waals surface area contributed by atoms with Gasteiger partial charge in [-0.25, -0.2) is 4.98 Å². The highest BCUT2D eigenvalue weighted by atomic mass is 32.1. The molecule has 0 spiro atoms. The van der Waals surface area contributed by atoms with E-state index in [1.54, 1.807) is 11.3 Å². The van der Waals surface area contributed by atoms with Crippen molar-refractivity contribution in [3.05, 3.63) is 46.2 Å². The average Bonchev–Trinajstić information content (AvgIpc) is 2.86. The number of pyridine rings is 1. The molecule has 0 aliphatic rings. The summed E-state index contributed by atoms with van der Waals surface area (Å²) in [5.74, 6) is 0. The van der Waals surface area contributed by atoms with E-state index in [4.69, 9.17) is 4.98 Å². The molecule has 2 aromatic rings. The van der Waals surface area contributed by atoms with Crippen molar-refractivity contribution in [2.75, 3.05) is 6.54 Å². The molecule has 0 aliphatic heterocycles. The van der Waals surface area contributed by atoms with E-state index >= 15 is 0 Å². The summed E-state index contributed by atoms with van der Waals surface area (Å²) in [6.07, 6.45) is 5.70. The van der Waals surface area contributed by atoms with E-state index < -0.39 is 0 Å². The maximum atomic E-state index is 4.69. The van der Waals surface area contributed by atoms with Crippen LogP contribution in [0.3, 0.4) is 0 Å². The number of hydrogen-bond acceptors (Lipinski definition) is 4. The second-order valence-corrected chi connectivity index (χ2v) is 5.32. The van der Waals surface area contributed by atoms with Gasteiger partial charge >= 0.3 is 0 Å². The standard InChI is InChI=1S/C14H19N3S/c1-3-6-16-11(2)13-10-18-14(17-13)9-12-4-7-15-8-5-12/h4-5,7-8,10-11,16H,3,6,9H2,1-2H3. The lowest BCUT2D eigenvalue weighted by atomic mass is 10.2. The highest BCUT2D eigenvalue weighted by Crippen LogP contribution is 2.19. The SMILES string of the molecule is CCCNC(C)c1csc(Cc2ccncc2)n1. The van der Waals surface area contributed by atoms with Crippen LogP contribution in [-0.2, 0) is 6.42 Å². The van der Waals surface area contributed by atoms with Gasteiger partial charge in [-0.15, -0.1) is 11.3 Å². The Morgan fingerprint density at radius 3 is 2.83 bits per heavy atom. The van der Waals surface area contributed by atoms with Crippen molar-refractivity contribution in [1.29, 1.82) is 0 Å². The Balaban J connectivity index is 1.98. The molecule has 0 bridgehead atoms. The summed E-state index contributed by atoms with van der Waals surface area (Å²) in [5, 5.41) is 6.78. The smallest absolute Gasteiger partial charge is 0.0972 e. The van der Waals surface area contributed by atoms with E-state index in [-0.39, 0.29) is 0 Å². The lowest BCUT2D eigenvalue weighted by Gasteiger charge is -2.09. The van der Waals surface area contributed by atoms with E-state index in [2.05, 4.69) is 29.5 Å². The average molecular weight is 261 g/mol. The van der Waals surface area contributed by atoms with Gasteiger partial charge in [0.15, 0.2) is 0 Å². The van der Waals surface area contributed by atoms with Crippen LogP contribution >= 0.6 is 11.3 Å². The fourth-order valence-electron chi connectivity index (χ4n) is 1.75. The molecule has 4 heteroatoms. The van der Waals surface area contributed by atoms with Crippen LogP contribution in [0.4, 0.5) is 0 Å². The molecular weight excluding hydrogens is 242 g/mol. The van der Waals surface area contributed by atoms with E-state index in [1.165, 1.54) is 10.6 Å². The van der Waals surface area contributed by atoms with Crippen LogP contribution in [-0.4, -0.2) is 16.5 Å². The molecule has 18 heavy (non-hydrogen) atoms. The van der Waals surface area contributed by atoms with Gasteiger partial charge in [0, 0.05) is 30.2 Å². The molecule has 2 heterocycles. The number of thiazole rings is 1. The third-order valence-corrected chi connectivity index (χ3v) is 3.69. The lowest BCUT2D eigenvalue weighted by molar-refractivity contribution is 0.560. The van der Waals surface area contributed by atoms with Crippen LogP contribution < -0.4 is 5.32 Å². The number of nitrogens with zero attached hydrogens (tertiary/aromatic N) is 2. The molecule has 0 fully saturated rings. The van der Waals surface area contributed by atoms with Crippen molar-refractivity contribution in [1.82, 2.24) is 15.3 Å². The Hall–Kier alpha value is -1.26. The molecule has 0 aliphatic carbocycles. The number of nitrogens with one attached hydrogen (secondary N) is 1. The van der Waals surface area contributed by atoms with Gasteiger partial charge in [-0.1, -0.05) is 6.92 Å². The molecule has 1 atom stereocenters. The molecule has 0 saturated carbocycles. The van der Waals surface area contributed by atoms with Crippen molar-refractivity contribution in [3.63, 3.8) is 0 Å². The Bertz CT molecular complexity index is 467. The first-order valence-electron chi connectivity index (χ1n) is 6.36. The largest absolute Gasteiger partial charge is 0.309 e. The van der Waals surface area contributed by atoms with Gasteiger partial charge in [0.05, 0.1) is 10.7 Å². The fourth-order valence-corrected chi connectivity index (χ4v) is 2.67. The third kappa shape index (κ3) is 3.62. The fraction of sp³-hybridized carbons (Fsp3) is 0.429. The summed E-state index contributed by atoms with van der Waals surface area (Å²) in [6, 6.07) is 4.42. The molecular formula is C14H19N3S. The summed E-state index contributed by atoms with van der Waals surface area (Å²) in [7, 11) is 0. The van der Waals surface area contributed by atoms with Crippen LogP contribution in [0.1, 0.15) is 42.6 Å². The molecule has 1 N–H and O–H groups in total. The second-order valence-electron chi connectivity index (χ2n) is 4.37. The Morgan fingerprint density at radius 2 is 2.11 bits per heavy atom. The first kappa shape index (κ1) is 13.2. The van der Waals surface area contributed by atoms with Crippen molar-refractivity contribution in [2.45, 2.75) is 32.7 Å². The molecule has 0 radical (unpaired) electrons. The maximum Gasteiger partial charge on any atom is 0.0972 e. The van der Waals surface area contributed by atoms with E-state index in [0.717, 1.165) is 25.1 Å². The van der Waals surface area contributed by atoms with Crippen molar-refractivity contribution in [3.8, 4) is 0 Å². The highest BCUT2D eigenvalue weighted by molar-refractivity contribution is 7.09. The quantitative estimate of drug-likeness (QED) is 0.868. The molecule has 2 rings (SSSR count). The zero-order valence-electron chi connectivity index (χ0n) is 10.9. The molecule has 0 amide bonds. The Morgan fingerprint density at radius 1 is 1.33 bits per heavy atom. The number of rotatable bonds is 6. The first-order chi connectivity index (χ1) is 8.79. The molecule has 2 aromatic heterocycles. The zero-order valence-corrected chi connectivity index (χ0v) is 11.7. The first-order valence-corrected chi connectivity index (χ1v) is 7.24. The van der Waals surface area contributed by atoms with E-state index in [0.29, 0.717) is 6.04 Å². The summed E-state index contributed by atoms with van der Waals surface area (Å²) >= 11 is 1.73. The van der Waals surface area contributed by atoms with Crippen LogP contribution in [0.15, 0.2) is 29.9 Å². The van der Waals surface area contributed by atoms with Crippen molar-refractivity contribution in [2.24, 2.45) is 0 Å². The highest BCUT2D eigenvalue weighted by Gasteiger charge is 2.09. The summed E-state index contributed by atoms with van der Waals surface area (Å²) in [5.41, 5.74) is 2.41. The normalized spacial score (nSPS) is 12.6. The summed E-state index contributed by atoms with van der Waals surface area (Å²) in [6.45, 7) is 5.38. The van der Waals surface area contributed by atoms with E-state index in [9.17, 15) is 0 Å². The van der Waals surface area contributed by atoms with Gasteiger partial charge in [-0.3, -0.25) is 4.98 Å². The molecule has 3 nitrogen and oxygen atoms in total. The summed E-state index contributed by atoms with van der Waals surface area (Å²) in [4.78, 5) is 8.72. The monoisotopic (exact) mass is 261 g/mol. The molecule has 0 aromatic carbocycles. The van der Waals surface area contributed by atoms with Gasteiger partial charge in [-0.05, 0) is 37.6 Å². The number of aromatic nitrogens is 2. The minimum absolute atomic E-state index is 0.340. The Labute approximate surface area is 112 Å². The van der Waals surface area contributed by atoms with Crippen LogP contribution in [0, 0.1) is 0 Å². The summed E-state index contributed by atoms with van der Waals surface area (Å²) < 4.78 is 0. The maximum absolute atomic E-state index is 4.69. The van der Waals surface area contributed by atoms with Gasteiger partial charge in [0.1, 0.15) is 0 Å². The lowest BCUT2D eigenvalue weighted by Crippen LogP contribution is -2.19. The minimum atomic E-state index is 0.340. The predicted octanol–water partition coefficient (Wildman–Crippen LogP) is 3.19. The van der Waals surface area contributed by atoms with Crippen molar-refractivity contribution < 1.29 is 0 Å². The Kier molecular flexibility index (Phi) is 4.84. The minimum Gasteiger partial charge on any atom is -0.309 e. The zero-order chi connectivity index (χ0) is 12.8. The van der Waals surface area contributed by atoms with Gasteiger partial charge in [-0.2, -0.15) is 0 Å². The van der Waals surface area contributed by atoms with Gasteiger partial charge < -0.3 is 5.32 Å². The van der Waals surface area contributed by atoms with Gasteiger partial charge in [0.25, 0.3) is 0 Å². The molecule has 1 unspecified atom stereocenters. The van der Waals surface area contributed by atoms with E-state index in [1.807, 2.05) is 24.5 Å². The van der Waals surface area contributed by atoms with Crippen LogP contribution in [0.2, 0.25) is 0 Å². The second kappa shape index (κ2) is 6.61. The van der Waals surface area contributed by atoms with Gasteiger partial charge in [0.2, 0.25) is 0 Å². The topological polar surface area (TPSA) is 37.8 Å². The predicted molar refractivity (Wildman–Crippen MR) is 75.9 cm³/mol. The van der Waals surface area contributed by atoms with Crippen LogP contribution in [0.5, 0.6) is 0 Å². The third-order valence-electron chi connectivity index (χ3n) is 2.82. The number of hydrogen-bond donors (Lipinski definition) is 1. The molecule has 0 saturated heterocycles. The van der Waals surface area contributed by atoms with Crippen LogP contribution in [0.25, 0.3) is 0 Å². The molecule has 96 valence electrons.